The van der Waals surface area contributed by atoms with E-state index >= 15 is 0 Å². The molecule has 3 aromatic rings. The maximum atomic E-state index is 12.9. The van der Waals surface area contributed by atoms with Crippen LogP contribution in [0.1, 0.15) is 20.8 Å². The Morgan fingerprint density at radius 1 is 1.03 bits per heavy atom. The van der Waals surface area contributed by atoms with Crippen molar-refractivity contribution >= 4 is 28.6 Å². The molecule has 6 heteroatoms. The standard InChI is InChI=1S/C24H24N2O3S/c1-28-20-8-9-21-16(14-20)2-3-17-15-22(30-23(17)21)24(27)25-18-4-6-19(7-5-18)26-10-12-29-13-11-26/h4-9,14-15H,2-3,10-13H2,1H3,(H,25,27). The number of ether oxygens (including phenoxy) is 2. The van der Waals surface area contributed by atoms with Crippen LogP contribution >= 0.6 is 11.3 Å². The summed E-state index contributed by atoms with van der Waals surface area (Å²) in [5.41, 5.74) is 5.74. The first-order valence-corrected chi connectivity index (χ1v) is 11.1. The number of carbonyl (C=O) groups is 1. The zero-order chi connectivity index (χ0) is 20.5. The molecule has 0 radical (unpaired) electrons. The number of nitrogens with one attached hydrogen (secondary N) is 1. The molecule has 0 atom stereocenters. The monoisotopic (exact) mass is 420 g/mol. The lowest BCUT2D eigenvalue weighted by atomic mass is 9.91. The topological polar surface area (TPSA) is 50.8 Å². The van der Waals surface area contributed by atoms with Gasteiger partial charge in [0.05, 0.1) is 25.2 Å². The minimum atomic E-state index is -0.0522. The van der Waals surface area contributed by atoms with Crippen molar-refractivity contribution in [2.45, 2.75) is 12.8 Å². The summed E-state index contributed by atoms with van der Waals surface area (Å²) in [6.07, 6.45) is 1.92. The predicted molar refractivity (Wildman–Crippen MR) is 121 cm³/mol. The number of fused-ring (bicyclic) bond motifs is 3. The van der Waals surface area contributed by atoms with E-state index in [2.05, 4.69) is 34.5 Å². The first-order valence-electron chi connectivity index (χ1n) is 10.3. The van der Waals surface area contributed by atoms with Crippen LogP contribution in [0.3, 0.4) is 0 Å². The molecule has 2 heterocycles. The minimum Gasteiger partial charge on any atom is -0.497 e. The molecule has 1 N–H and O–H groups in total. The van der Waals surface area contributed by atoms with E-state index in [0.717, 1.165) is 61.1 Å². The predicted octanol–water partition coefficient (Wildman–Crippen LogP) is 4.61. The zero-order valence-electron chi connectivity index (χ0n) is 16.9. The van der Waals surface area contributed by atoms with Gasteiger partial charge in [0.15, 0.2) is 0 Å². The molecule has 1 amide bonds. The molecule has 5 nitrogen and oxygen atoms in total. The SMILES string of the molecule is COc1ccc2c(c1)CCc1cc(C(=O)Nc3ccc(N4CCOCC4)cc3)sc1-2. The van der Waals surface area contributed by atoms with Crippen molar-refractivity contribution < 1.29 is 14.3 Å². The number of hydrogen-bond donors (Lipinski definition) is 1. The number of nitrogens with zero attached hydrogens (tertiary/aromatic N) is 1. The summed E-state index contributed by atoms with van der Waals surface area (Å²) < 4.78 is 10.8. The van der Waals surface area contributed by atoms with Crippen molar-refractivity contribution in [3.05, 3.63) is 64.5 Å². The molecule has 1 aliphatic heterocycles. The van der Waals surface area contributed by atoms with E-state index in [1.54, 1.807) is 18.4 Å². The van der Waals surface area contributed by atoms with Crippen LogP contribution in [-0.2, 0) is 17.6 Å². The highest BCUT2D eigenvalue weighted by molar-refractivity contribution is 7.17. The molecule has 5 rings (SSSR count). The number of benzene rings is 2. The number of amides is 1. The minimum absolute atomic E-state index is 0.0522. The second-order valence-electron chi connectivity index (χ2n) is 7.59. The summed E-state index contributed by atoms with van der Waals surface area (Å²) >= 11 is 1.57. The molecule has 30 heavy (non-hydrogen) atoms. The average molecular weight is 421 g/mol. The molecule has 2 aliphatic rings. The highest BCUT2D eigenvalue weighted by Crippen LogP contribution is 2.41. The summed E-state index contributed by atoms with van der Waals surface area (Å²) in [6, 6.07) is 16.3. The maximum absolute atomic E-state index is 12.9. The molecule has 0 bridgehead atoms. The molecule has 0 unspecified atom stereocenters. The first kappa shape index (κ1) is 19.2. The smallest absolute Gasteiger partial charge is 0.265 e. The van der Waals surface area contributed by atoms with Crippen molar-refractivity contribution in [3.8, 4) is 16.2 Å². The highest BCUT2D eigenvalue weighted by atomic mass is 32.1. The van der Waals surface area contributed by atoms with E-state index in [1.165, 1.54) is 21.6 Å². The average Bonchev–Trinajstić information content (AvgIpc) is 3.25. The van der Waals surface area contributed by atoms with Crippen LogP contribution in [-0.4, -0.2) is 39.3 Å². The van der Waals surface area contributed by atoms with Gasteiger partial charge in [-0.2, -0.15) is 0 Å². The first-order chi connectivity index (χ1) is 14.7. The zero-order valence-corrected chi connectivity index (χ0v) is 17.8. The third-order valence-electron chi connectivity index (χ3n) is 5.75. The van der Waals surface area contributed by atoms with Gasteiger partial charge < -0.3 is 19.7 Å². The number of anilines is 2. The second kappa shape index (κ2) is 8.13. The number of morpholine rings is 1. The Morgan fingerprint density at radius 2 is 1.80 bits per heavy atom. The van der Waals surface area contributed by atoms with Crippen LogP contribution in [0.5, 0.6) is 5.75 Å². The Labute approximate surface area is 180 Å². The summed E-state index contributed by atoms with van der Waals surface area (Å²) in [4.78, 5) is 17.1. The molecule has 1 aliphatic carbocycles. The van der Waals surface area contributed by atoms with Crippen molar-refractivity contribution in [2.24, 2.45) is 0 Å². The summed E-state index contributed by atoms with van der Waals surface area (Å²) in [5.74, 6) is 0.829. The fraction of sp³-hybridized carbons (Fsp3) is 0.292. The van der Waals surface area contributed by atoms with Gasteiger partial charge in [0.2, 0.25) is 0 Å². The molecule has 0 saturated carbocycles. The van der Waals surface area contributed by atoms with Gasteiger partial charge in [-0.05, 0) is 78.1 Å². The molecular formula is C24H24N2O3S. The number of aryl methyl sites for hydroxylation is 2. The highest BCUT2D eigenvalue weighted by Gasteiger charge is 2.22. The van der Waals surface area contributed by atoms with Crippen molar-refractivity contribution in [2.75, 3.05) is 43.6 Å². The summed E-state index contributed by atoms with van der Waals surface area (Å²) in [6.45, 7) is 3.33. The van der Waals surface area contributed by atoms with Crippen LogP contribution in [0.25, 0.3) is 10.4 Å². The third kappa shape index (κ3) is 3.68. The van der Waals surface area contributed by atoms with Gasteiger partial charge in [0, 0.05) is 29.3 Å². The number of carbonyl (C=O) groups excluding carboxylic acids is 1. The van der Waals surface area contributed by atoms with E-state index in [-0.39, 0.29) is 5.91 Å². The second-order valence-corrected chi connectivity index (χ2v) is 8.64. The van der Waals surface area contributed by atoms with Gasteiger partial charge in [0.25, 0.3) is 5.91 Å². The van der Waals surface area contributed by atoms with E-state index in [0.29, 0.717) is 0 Å². The van der Waals surface area contributed by atoms with Crippen molar-refractivity contribution in [1.29, 1.82) is 0 Å². The third-order valence-corrected chi connectivity index (χ3v) is 6.96. The van der Waals surface area contributed by atoms with Crippen LogP contribution in [0, 0.1) is 0 Å². The van der Waals surface area contributed by atoms with E-state index < -0.39 is 0 Å². The molecule has 1 saturated heterocycles. The number of thiophene rings is 1. The van der Waals surface area contributed by atoms with Crippen LogP contribution < -0.4 is 15.0 Å². The van der Waals surface area contributed by atoms with Gasteiger partial charge in [0.1, 0.15) is 5.75 Å². The van der Waals surface area contributed by atoms with E-state index in [4.69, 9.17) is 9.47 Å². The lowest BCUT2D eigenvalue weighted by molar-refractivity contribution is 0.103. The van der Waals surface area contributed by atoms with Crippen molar-refractivity contribution in [3.63, 3.8) is 0 Å². The molecule has 2 aromatic carbocycles. The summed E-state index contributed by atoms with van der Waals surface area (Å²) in [5, 5.41) is 3.05. The van der Waals surface area contributed by atoms with Crippen LogP contribution in [0.15, 0.2) is 48.5 Å². The molecule has 154 valence electrons. The maximum Gasteiger partial charge on any atom is 0.265 e. The van der Waals surface area contributed by atoms with Crippen LogP contribution in [0.4, 0.5) is 11.4 Å². The Balaban J connectivity index is 1.32. The Hall–Kier alpha value is -2.83. The Morgan fingerprint density at radius 3 is 2.57 bits per heavy atom. The van der Waals surface area contributed by atoms with Gasteiger partial charge in [-0.3, -0.25) is 4.79 Å². The molecular weight excluding hydrogens is 396 g/mol. The van der Waals surface area contributed by atoms with Gasteiger partial charge in [-0.15, -0.1) is 11.3 Å². The molecule has 0 spiro atoms. The normalized spacial score (nSPS) is 15.3. The van der Waals surface area contributed by atoms with E-state index in [1.807, 2.05) is 24.3 Å². The fourth-order valence-electron chi connectivity index (χ4n) is 4.12. The van der Waals surface area contributed by atoms with Gasteiger partial charge >= 0.3 is 0 Å². The molecule has 1 aromatic heterocycles. The molecule has 1 fully saturated rings. The largest absolute Gasteiger partial charge is 0.497 e. The fourth-order valence-corrected chi connectivity index (χ4v) is 5.28. The van der Waals surface area contributed by atoms with Gasteiger partial charge in [-0.25, -0.2) is 0 Å². The lowest BCUT2D eigenvalue weighted by Gasteiger charge is -2.28. The number of methoxy groups -OCH3 is 1. The van der Waals surface area contributed by atoms with Crippen LogP contribution in [0.2, 0.25) is 0 Å². The quantitative estimate of drug-likeness (QED) is 0.670. The van der Waals surface area contributed by atoms with E-state index in [9.17, 15) is 4.79 Å². The van der Waals surface area contributed by atoms with Gasteiger partial charge in [-0.1, -0.05) is 0 Å². The number of rotatable bonds is 4. The number of hydrogen-bond acceptors (Lipinski definition) is 5. The van der Waals surface area contributed by atoms with Crippen molar-refractivity contribution in [1.82, 2.24) is 0 Å². The Bertz CT molecular complexity index is 1070. The Kier molecular flexibility index (Phi) is 5.19. The lowest BCUT2D eigenvalue weighted by Crippen LogP contribution is -2.36. The summed E-state index contributed by atoms with van der Waals surface area (Å²) in [7, 11) is 1.69.